The van der Waals surface area contributed by atoms with E-state index < -0.39 is 0 Å². The van der Waals surface area contributed by atoms with Crippen molar-refractivity contribution in [1.82, 2.24) is 72.1 Å². The Bertz CT molecular complexity index is 8970. The van der Waals surface area contributed by atoms with Gasteiger partial charge in [-0.05, 0) is 198 Å². The number of fused-ring (bicyclic) bond motifs is 18. The number of halogens is 1. The summed E-state index contributed by atoms with van der Waals surface area (Å²) in [5.74, 6) is 5.92. The average molecular weight is 2020 g/mol. The molecule has 0 radical (unpaired) electrons. The summed E-state index contributed by atoms with van der Waals surface area (Å²) in [5.41, 5.74) is 25.3. The Kier molecular flexibility index (Phi) is 22.5. The molecule has 0 saturated carbocycles. The second-order valence-corrected chi connectivity index (χ2v) is 35.1. The molecule has 0 aliphatic heterocycles. The Morgan fingerprint density at radius 2 is 0.607 bits per heavy atom. The van der Waals surface area contributed by atoms with Crippen LogP contribution in [0.3, 0.4) is 0 Å². The van der Waals surface area contributed by atoms with Gasteiger partial charge in [0.2, 0.25) is 0 Å². The van der Waals surface area contributed by atoms with E-state index in [9.17, 15) is 0 Å². The molecule has 0 saturated heterocycles. The minimum Gasteiger partial charge on any atom is -0.509 e. The maximum absolute atomic E-state index is 6.48. The Balaban J connectivity index is 0.000000109. The third-order valence-corrected chi connectivity index (χ3v) is 25.9. The van der Waals surface area contributed by atoms with Crippen LogP contribution in [0.2, 0.25) is 5.15 Å². The topological polar surface area (TPSA) is 160 Å². The van der Waals surface area contributed by atoms with Crippen molar-refractivity contribution >= 4 is 142 Å². The van der Waals surface area contributed by atoms with E-state index in [2.05, 4.69) is 347 Å². The van der Waals surface area contributed by atoms with Crippen LogP contribution in [0.15, 0.2) is 407 Å². The minimum absolute atomic E-state index is 0. The first kappa shape index (κ1) is 86.7. The standard InChI is InChI=1S/C40H29N5O.C40H27N5O.C23H19N3O.C17H11ClN2.Pt/c2*1-26-22-27(2)45(42-26)29-10-9-11-30(23-29)46-31-18-19-35-34-14-5-8-17-38(34)44(39(35)25-31)40-24-28(20-21-41-40)43-36-15-6-3-12-32(36)33-13-4-7-16-37(33)43;1-15-12-16(2)26(25-15)17-6-5-7-18(13-17)27-19-10-11-21-20-8-3-4-9-22(20)24-23(21)14-19;18-17-11-12(9-10-19-17)20-15-7-3-1-5-13(15)14-6-2-4-8-16(14)20;/h3-25H,1-2H3;3-22,24H,1-2H3;3-14,24H,1-2H3;1-11H;/q;-2;;;+2. The van der Waals surface area contributed by atoms with Crippen molar-refractivity contribution in [2.24, 2.45) is 0 Å². The fraction of sp³-hybridized carbons (Fsp3) is 0.0500. The Morgan fingerprint density at radius 3 is 1.07 bits per heavy atom. The number of hydrogen-bond acceptors (Lipinski definition) is 9. The van der Waals surface area contributed by atoms with Crippen LogP contribution in [-0.2, 0) is 21.1 Å². The van der Waals surface area contributed by atoms with E-state index in [1.807, 2.05) is 169 Å². The fourth-order valence-electron chi connectivity index (χ4n) is 19.8. The molecule has 0 bridgehead atoms. The summed E-state index contributed by atoms with van der Waals surface area (Å²) in [4.78, 5) is 17.3. The van der Waals surface area contributed by atoms with E-state index in [0.29, 0.717) is 16.7 Å². The first-order chi connectivity index (χ1) is 68.3. The Labute approximate surface area is 823 Å². The normalized spacial score (nSPS) is 11.5. The molecule has 676 valence electrons. The van der Waals surface area contributed by atoms with Gasteiger partial charge in [-0.25, -0.2) is 24.3 Å². The zero-order valence-corrected chi connectivity index (χ0v) is 79.9. The number of rotatable bonds is 14. The second-order valence-electron chi connectivity index (χ2n) is 34.8. The number of nitrogens with one attached hydrogen (secondary N) is 1. The van der Waals surface area contributed by atoms with Crippen LogP contribution < -0.4 is 14.2 Å². The molecule has 18 nitrogen and oxygen atoms in total. The molecule has 0 unspecified atom stereocenters. The fourth-order valence-corrected chi connectivity index (χ4v) is 20.0. The molecule has 27 rings (SSSR count). The third-order valence-electron chi connectivity index (χ3n) is 25.6. The van der Waals surface area contributed by atoms with Gasteiger partial charge < -0.3 is 37.5 Å². The number of nitrogens with zero attached hydrogens (tertiary/aromatic N) is 14. The van der Waals surface area contributed by atoms with Crippen molar-refractivity contribution in [1.29, 1.82) is 0 Å². The number of aryl methyl sites for hydroxylation is 6. The van der Waals surface area contributed by atoms with Crippen LogP contribution in [0.4, 0.5) is 0 Å². The van der Waals surface area contributed by atoms with E-state index in [1.165, 1.54) is 70.5 Å². The molecule has 0 aliphatic rings. The molecule has 12 heterocycles. The summed E-state index contributed by atoms with van der Waals surface area (Å²) in [6, 6.07) is 140. The van der Waals surface area contributed by atoms with Gasteiger partial charge in [-0.1, -0.05) is 193 Å². The number of pyridine rings is 3. The van der Waals surface area contributed by atoms with Gasteiger partial charge in [-0.2, -0.15) is 27.4 Å². The van der Waals surface area contributed by atoms with E-state index in [4.69, 9.17) is 35.8 Å². The molecular weight excluding hydrogens is 1930 g/mol. The van der Waals surface area contributed by atoms with E-state index in [1.54, 1.807) is 6.20 Å². The van der Waals surface area contributed by atoms with Gasteiger partial charge in [0.15, 0.2) is 0 Å². The number of aromatic amines is 1. The summed E-state index contributed by atoms with van der Waals surface area (Å²) in [6.07, 6.45) is 5.52. The molecule has 15 aromatic carbocycles. The Morgan fingerprint density at radius 1 is 0.250 bits per heavy atom. The van der Waals surface area contributed by atoms with Crippen molar-refractivity contribution in [3.8, 4) is 80.3 Å². The first-order valence-electron chi connectivity index (χ1n) is 46.1. The van der Waals surface area contributed by atoms with E-state index in [-0.39, 0.29) is 21.1 Å². The van der Waals surface area contributed by atoms with E-state index in [0.717, 1.165) is 163 Å². The quantitative estimate of drug-likeness (QED) is 0.0825. The van der Waals surface area contributed by atoms with Crippen molar-refractivity contribution < 1.29 is 35.3 Å². The van der Waals surface area contributed by atoms with Crippen molar-refractivity contribution in [3.05, 3.63) is 458 Å². The Hall–Kier alpha value is -17.4. The SMILES string of the molecule is Cc1cc(C)n(-c2[c-]c(Oc3[c-]c4c(cc3)c3ccccc3n4-c3cc(-n4c5ccccc5c5ccccc54)ccn3)ccc2)n1.Cc1cc(C)n(-c2cccc(Oc3ccc4c(c3)[nH]c3ccccc34)c2)n1.Cc1cc(C)n(-c2cccc(Oc3ccc4c5ccccc5n(-c5cc(-n6c7ccccc7c7ccccc76)ccn5)c4c3)c2)n1.Clc1cc(-n2c3ccccc3c3ccccc32)ccn1.[Pt+2]. The molecule has 0 aliphatic carbocycles. The molecule has 27 aromatic rings. The summed E-state index contributed by atoms with van der Waals surface area (Å²) >= 11 is 6.04. The molecule has 20 heteroatoms. The summed E-state index contributed by atoms with van der Waals surface area (Å²) in [5, 5.41) is 28.7. The summed E-state index contributed by atoms with van der Waals surface area (Å²) in [7, 11) is 0. The number of benzene rings is 15. The maximum atomic E-state index is 6.48. The first-order valence-corrected chi connectivity index (χ1v) is 46.5. The van der Waals surface area contributed by atoms with Crippen LogP contribution >= 0.6 is 11.6 Å². The number of H-pyrrole nitrogens is 1. The number of para-hydroxylation sites is 9. The van der Waals surface area contributed by atoms with Gasteiger partial charge in [0.25, 0.3) is 0 Å². The number of ether oxygens (including phenoxy) is 3. The van der Waals surface area contributed by atoms with Crippen LogP contribution in [-0.4, -0.2) is 72.1 Å². The number of hydrogen-bond donors (Lipinski definition) is 1. The van der Waals surface area contributed by atoms with Gasteiger partial charge in [-0.15, -0.1) is 35.7 Å². The van der Waals surface area contributed by atoms with Gasteiger partial charge in [0.05, 0.1) is 95.2 Å². The molecule has 1 N–H and O–H groups in total. The maximum Gasteiger partial charge on any atom is 2.00 e. The smallest absolute Gasteiger partial charge is 0.509 e. The minimum atomic E-state index is 0. The molecule has 140 heavy (non-hydrogen) atoms. The molecule has 0 atom stereocenters. The predicted molar refractivity (Wildman–Crippen MR) is 562 cm³/mol. The van der Waals surface area contributed by atoms with Gasteiger partial charge in [0, 0.05) is 148 Å². The van der Waals surface area contributed by atoms with Crippen molar-refractivity contribution in [2.75, 3.05) is 0 Å². The largest absolute Gasteiger partial charge is 2.00 e. The molecule has 0 amide bonds. The van der Waals surface area contributed by atoms with Crippen molar-refractivity contribution in [3.63, 3.8) is 0 Å². The summed E-state index contributed by atoms with van der Waals surface area (Å²) in [6.45, 7) is 12.1. The molecule has 0 fully saturated rings. The summed E-state index contributed by atoms with van der Waals surface area (Å²) < 4.78 is 36.0. The second kappa shape index (κ2) is 36.3. The average Bonchev–Trinajstić information content (AvgIpc) is 1.59. The number of aromatic nitrogens is 15. The van der Waals surface area contributed by atoms with Crippen LogP contribution in [0.1, 0.15) is 34.2 Å². The molecule has 0 spiro atoms. The van der Waals surface area contributed by atoms with Gasteiger partial charge in [0.1, 0.15) is 39.8 Å². The zero-order valence-electron chi connectivity index (χ0n) is 76.9. The zero-order chi connectivity index (χ0) is 93.5. The van der Waals surface area contributed by atoms with Gasteiger partial charge in [-0.3, -0.25) is 9.25 Å². The third kappa shape index (κ3) is 16.0. The van der Waals surface area contributed by atoms with Gasteiger partial charge >= 0.3 is 21.1 Å². The monoisotopic (exact) mass is 2010 g/mol. The predicted octanol–water partition coefficient (Wildman–Crippen LogP) is 30.1. The molecule has 12 aromatic heterocycles. The molecular formula is C120H86ClN15O3Pt. The van der Waals surface area contributed by atoms with Crippen LogP contribution in [0, 0.1) is 53.7 Å². The van der Waals surface area contributed by atoms with Crippen LogP contribution in [0.25, 0.3) is 177 Å². The van der Waals surface area contributed by atoms with E-state index >= 15 is 0 Å². The van der Waals surface area contributed by atoms with Crippen molar-refractivity contribution in [2.45, 2.75) is 41.5 Å². The van der Waals surface area contributed by atoms with Crippen LogP contribution in [0.5, 0.6) is 34.5 Å².